The molecule has 0 aliphatic rings. The predicted octanol–water partition coefficient (Wildman–Crippen LogP) is 1.80. The van der Waals surface area contributed by atoms with Gasteiger partial charge in [-0.3, -0.25) is 10.1 Å². The van der Waals surface area contributed by atoms with Gasteiger partial charge >= 0.3 is 11.7 Å². The fraction of sp³-hybridized carbons (Fsp3) is 0.0833. The van der Waals surface area contributed by atoms with E-state index >= 15 is 0 Å². The predicted molar refractivity (Wildman–Crippen MR) is 66.4 cm³/mol. The number of aromatic carboxylic acids is 1. The molecular weight excluding hydrogens is 285 g/mol. The van der Waals surface area contributed by atoms with Gasteiger partial charge in [-0.25, -0.2) is 14.8 Å². The number of hydrogen-bond acceptors (Lipinski definition) is 6. The Morgan fingerprint density at radius 3 is 2.86 bits per heavy atom. The van der Waals surface area contributed by atoms with Crippen molar-refractivity contribution in [1.82, 2.24) is 9.97 Å². The molecule has 1 heterocycles. The molecule has 108 valence electrons. The van der Waals surface area contributed by atoms with E-state index in [-0.39, 0.29) is 23.6 Å². The van der Waals surface area contributed by atoms with E-state index in [4.69, 9.17) is 9.84 Å². The Morgan fingerprint density at radius 2 is 2.24 bits per heavy atom. The van der Waals surface area contributed by atoms with Crippen LogP contribution in [0.2, 0.25) is 0 Å². The fourth-order valence-corrected chi connectivity index (χ4v) is 1.53. The molecule has 0 aliphatic carbocycles. The fourth-order valence-electron chi connectivity index (χ4n) is 1.53. The van der Waals surface area contributed by atoms with E-state index in [2.05, 4.69) is 9.97 Å². The smallest absolute Gasteiger partial charge is 0.339 e. The Labute approximate surface area is 117 Å². The molecular formula is C12H8FN3O5. The second kappa shape index (κ2) is 5.90. The highest BCUT2D eigenvalue weighted by Crippen LogP contribution is 2.23. The zero-order valence-electron chi connectivity index (χ0n) is 10.4. The number of carboxylic acids is 1. The topological polar surface area (TPSA) is 115 Å². The molecule has 0 bridgehead atoms. The van der Waals surface area contributed by atoms with E-state index in [1.807, 2.05) is 0 Å². The lowest BCUT2D eigenvalue weighted by Crippen LogP contribution is -2.08. The van der Waals surface area contributed by atoms with Crippen molar-refractivity contribution in [3.63, 3.8) is 0 Å². The standard InChI is InChI=1S/C12H8FN3O5/c13-9-3-7(1-2-11(9)16(19)20)21-5-10-8(12(17)18)4-14-6-15-10/h1-4,6H,5H2,(H,17,18). The minimum atomic E-state index is -1.22. The average molecular weight is 293 g/mol. The van der Waals surface area contributed by atoms with Gasteiger partial charge in [0, 0.05) is 18.3 Å². The highest BCUT2D eigenvalue weighted by molar-refractivity contribution is 5.88. The number of hydrogen-bond donors (Lipinski definition) is 1. The maximum absolute atomic E-state index is 13.4. The van der Waals surface area contributed by atoms with Crippen molar-refractivity contribution in [2.75, 3.05) is 0 Å². The number of ether oxygens (including phenoxy) is 1. The molecule has 0 fully saturated rings. The third-order valence-corrected chi connectivity index (χ3v) is 2.52. The zero-order chi connectivity index (χ0) is 15.4. The lowest BCUT2D eigenvalue weighted by Gasteiger charge is -2.07. The van der Waals surface area contributed by atoms with E-state index in [0.29, 0.717) is 0 Å². The maximum atomic E-state index is 13.4. The molecule has 0 unspecified atom stereocenters. The Hall–Kier alpha value is -3.10. The Kier molecular flexibility index (Phi) is 4.02. The first-order chi connectivity index (χ1) is 9.99. The molecule has 2 aromatic rings. The van der Waals surface area contributed by atoms with Crippen molar-refractivity contribution in [2.45, 2.75) is 6.61 Å². The average Bonchev–Trinajstić information content (AvgIpc) is 2.45. The summed E-state index contributed by atoms with van der Waals surface area (Å²) in [5, 5.41) is 19.4. The second-order valence-corrected chi connectivity index (χ2v) is 3.85. The lowest BCUT2D eigenvalue weighted by molar-refractivity contribution is -0.387. The summed E-state index contributed by atoms with van der Waals surface area (Å²) in [6, 6.07) is 3.02. The number of aromatic nitrogens is 2. The summed E-state index contributed by atoms with van der Waals surface area (Å²) in [5.41, 5.74) is -0.702. The molecule has 1 aromatic heterocycles. The van der Waals surface area contributed by atoms with Gasteiger partial charge in [0.05, 0.1) is 10.6 Å². The highest BCUT2D eigenvalue weighted by atomic mass is 19.1. The van der Waals surface area contributed by atoms with Crippen LogP contribution >= 0.6 is 0 Å². The van der Waals surface area contributed by atoms with Crippen LogP contribution in [0.4, 0.5) is 10.1 Å². The number of benzene rings is 1. The van der Waals surface area contributed by atoms with E-state index in [1.165, 1.54) is 6.07 Å². The number of rotatable bonds is 5. The molecule has 0 aliphatic heterocycles. The molecule has 21 heavy (non-hydrogen) atoms. The number of nitro benzene ring substituents is 1. The summed E-state index contributed by atoms with van der Waals surface area (Å²) < 4.78 is 18.6. The maximum Gasteiger partial charge on any atom is 0.339 e. The monoisotopic (exact) mass is 293 g/mol. The first-order valence-corrected chi connectivity index (χ1v) is 5.58. The van der Waals surface area contributed by atoms with Crippen LogP contribution in [0.1, 0.15) is 16.1 Å². The quantitative estimate of drug-likeness (QED) is 0.660. The molecule has 9 heteroatoms. The number of nitrogens with zero attached hydrogens (tertiary/aromatic N) is 3. The summed E-state index contributed by atoms with van der Waals surface area (Å²) in [6.45, 7) is -0.235. The van der Waals surface area contributed by atoms with Crippen molar-refractivity contribution >= 4 is 11.7 Å². The first-order valence-electron chi connectivity index (χ1n) is 5.58. The molecule has 0 saturated carbocycles. The van der Waals surface area contributed by atoms with Gasteiger partial charge in [0.1, 0.15) is 24.2 Å². The SMILES string of the molecule is O=C(O)c1cncnc1COc1ccc([N+](=O)[O-])c(F)c1. The van der Waals surface area contributed by atoms with Crippen LogP contribution in [0, 0.1) is 15.9 Å². The van der Waals surface area contributed by atoms with Crippen LogP contribution in [-0.4, -0.2) is 26.0 Å². The van der Waals surface area contributed by atoms with Gasteiger partial charge in [0.25, 0.3) is 0 Å². The minimum absolute atomic E-state index is 0.0213. The van der Waals surface area contributed by atoms with Gasteiger partial charge in [-0.1, -0.05) is 0 Å². The van der Waals surface area contributed by atoms with Crippen LogP contribution in [0.25, 0.3) is 0 Å². The molecule has 1 aromatic carbocycles. The molecule has 8 nitrogen and oxygen atoms in total. The van der Waals surface area contributed by atoms with Crippen LogP contribution in [0.15, 0.2) is 30.7 Å². The zero-order valence-corrected chi connectivity index (χ0v) is 10.4. The van der Waals surface area contributed by atoms with Crippen molar-refractivity contribution in [3.05, 3.63) is 57.9 Å². The minimum Gasteiger partial charge on any atom is -0.487 e. The summed E-state index contributed by atoms with van der Waals surface area (Å²) in [4.78, 5) is 27.9. The van der Waals surface area contributed by atoms with Crippen molar-refractivity contribution in [2.24, 2.45) is 0 Å². The number of carboxylic acid groups (broad SMARTS) is 1. The molecule has 1 N–H and O–H groups in total. The molecule has 0 saturated heterocycles. The van der Waals surface area contributed by atoms with E-state index in [0.717, 1.165) is 24.7 Å². The number of halogens is 1. The summed E-state index contributed by atoms with van der Waals surface area (Å²) in [6.07, 6.45) is 2.27. The van der Waals surface area contributed by atoms with E-state index in [1.54, 1.807) is 0 Å². The van der Waals surface area contributed by atoms with Crippen molar-refractivity contribution in [3.8, 4) is 5.75 Å². The highest BCUT2D eigenvalue weighted by Gasteiger charge is 2.15. The first kappa shape index (κ1) is 14.3. The van der Waals surface area contributed by atoms with Crippen LogP contribution in [0.5, 0.6) is 5.75 Å². The Bertz CT molecular complexity index is 707. The van der Waals surface area contributed by atoms with Gasteiger partial charge in [0.2, 0.25) is 5.82 Å². The third kappa shape index (κ3) is 3.26. The summed E-state index contributed by atoms with van der Waals surface area (Å²) >= 11 is 0. The van der Waals surface area contributed by atoms with Crippen molar-refractivity contribution < 1.29 is 24.0 Å². The van der Waals surface area contributed by atoms with Gasteiger partial charge in [-0.15, -0.1) is 0 Å². The van der Waals surface area contributed by atoms with E-state index < -0.39 is 22.4 Å². The molecule has 0 amide bonds. The van der Waals surface area contributed by atoms with Crippen LogP contribution in [0.3, 0.4) is 0 Å². The Morgan fingerprint density at radius 1 is 1.48 bits per heavy atom. The molecule has 0 spiro atoms. The van der Waals surface area contributed by atoms with E-state index in [9.17, 15) is 19.3 Å². The lowest BCUT2D eigenvalue weighted by atomic mass is 10.2. The molecule has 2 rings (SSSR count). The van der Waals surface area contributed by atoms with Crippen molar-refractivity contribution in [1.29, 1.82) is 0 Å². The van der Waals surface area contributed by atoms with Gasteiger partial charge in [-0.2, -0.15) is 4.39 Å². The summed E-state index contributed by atoms with van der Waals surface area (Å²) in [7, 11) is 0. The van der Waals surface area contributed by atoms with Crippen LogP contribution < -0.4 is 4.74 Å². The number of carbonyl (C=O) groups is 1. The molecule has 0 radical (unpaired) electrons. The van der Waals surface area contributed by atoms with Gasteiger partial charge in [-0.05, 0) is 6.07 Å². The Balaban J connectivity index is 2.16. The largest absolute Gasteiger partial charge is 0.487 e. The summed E-state index contributed by atoms with van der Waals surface area (Å²) in [5.74, 6) is -2.24. The number of nitro groups is 1. The second-order valence-electron chi connectivity index (χ2n) is 3.85. The third-order valence-electron chi connectivity index (χ3n) is 2.52. The molecule has 0 atom stereocenters. The van der Waals surface area contributed by atoms with Crippen LogP contribution in [-0.2, 0) is 6.61 Å². The normalized spacial score (nSPS) is 10.1. The van der Waals surface area contributed by atoms with Gasteiger partial charge < -0.3 is 9.84 Å². The van der Waals surface area contributed by atoms with Gasteiger partial charge in [0.15, 0.2) is 0 Å².